The number of ether oxygens (including phenoxy) is 3. The maximum absolute atomic E-state index is 14.4. The van der Waals surface area contributed by atoms with Crippen LogP contribution in [0, 0.1) is 11.6 Å². The Labute approximate surface area is 255 Å². The lowest BCUT2D eigenvalue weighted by atomic mass is 10.00. The van der Waals surface area contributed by atoms with Crippen LogP contribution >= 0.6 is 0 Å². The monoisotopic (exact) mass is 629 g/mol. The zero-order chi connectivity index (χ0) is 32.7. The predicted octanol–water partition coefficient (Wildman–Crippen LogP) is 1.78. The molecule has 0 aromatic heterocycles. The molecule has 238 valence electrons. The molecule has 14 nitrogen and oxygen atoms in total. The number of esters is 1. The molecule has 16 heteroatoms. The molecule has 0 bridgehead atoms. The second kappa shape index (κ2) is 12.0. The summed E-state index contributed by atoms with van der Waals surface area (Å²) in [5.41, 5.74) is 7.40. The number of benzene rings is 2. The van der Waals surface area contributed by atoms with E-state index >= 15 is 0 Å². The van der Waals surface area contributed by atoms with Crippen LogP contribution < -0.4 is 25.3 Å². The number of hydrogen-bond donors (Lipinski definition) is 1. The average molecular weight is 630 g/mol. The molecule has 0 unspecified atom stereocenters. The van der Waals surface area contributed by atoms with Crippen LogP contribution in [0.15, 0.2) is 24.3 Å². The van der Waals surface area contributed by atoms with Gasteiger partial charge in [0.25, 0.3) is 5.91 Å². The lowest BCUT2D eigenvalue weighted by molar-refractivity contribution is -0.148. The van der Waals surface area contributed by atoms with Crippen molar-refractivity contribution >= 4 is 58.6 Å². The molecule has 6 rings (SSSR count). The van der Waals surface area contributed by atoms with E-state index in [4.69, 9.17) is 15.2 Å². The highest BCUT2D eigenvalue weighted by atomic mass is 19.1. The van der Waals surface area contributed by atoms with Crippen molar-refractivity contribution in [1.29, 1.82) is 0 Å². The molecule has 2 saturated heterocycles. The van der Waals surface area contributed by atoms with E-state index in [2.05, 4.69) is 4.74 Å². The summed E-state index contributed by atoms with van der Waals surface area (Å²) in [6.07, 6.45) is -2.21. The fraction of sp³-hybridized carbons (Fsp3) is 0.379. The summed E-state index contributed by atoms with van der Waals surface area (Å²) in [6, 6.07) is 5.58. The van der Waals surface area contributed by atoms with Gasteiger partial charge < -0.3 is 29.7 Å². The van der Waals surface area contributed by atoms with E-state index in [0.29, 0.717) is 29.7 Å². The van der Waals surface area contributed by atoms with E-state index in [1.54, 1.807) is 12.1 Å². The molecule has 2 fully saturated rings. The maximum atomic E-state index is 14.4. The normalized spacial score (nSPS) is 20.6. The molecule has 4 aliphatic rings. The molecule has 2 atom stereocenters. The molecule has 4 heterocycles. The van der Waals surface area contributed by atoms with Gasteiger partial charge in [-0.3, -0.25) is 24.2 Å². The van der Waals surface area contributed by atoms with Crippen molar-refractivity contribution in [3.8, 4) is 0 Å². The van der Waals surface area contributed by atoms with Gasteiger partial charge in [-0.15, -0.1) is 0 Å². The summed E-state index contributed by atoms with van der Waals surface area (Å²) in [4.78, 5) is 74.5. The molecule has 2 aromatic carbocycles. The second-order valence-corrected chi connectivity index (χ2v) is 10.7. The standard InChI is InChI=1S/C15H15FN2O5.C14H14FN3O4/c1-17-12(19)4-3-8-5-9(6-10(16)13(8)17)18-7-11(14(20)22-2)23-15(18)21;1-17-11(19)3-2-7-4-8(5-9(15)12(7)17)18-6-10(13(16)20)22-14(18)21/h5-6,11H,3-4,7H2,1-2H3;4-5,10H,2-3,6H2,1H3,(H2,16,20)/t11-;10-/m11/s1. The van der Waals surface area contributed by atoms with Crippen molar-refractivity contribution in [3.05, 3.63) is 47.0 Å². The number of halogens is 2. The molecule has 2 aromatic rings. The number of amides is 5. The van der Waals surface area contributed by atoms with Gasteiger partial charge in [0.05, 0.1) is 42.9 Å². The molecule has 0 spiro atoms. The molecule has 5 amide bonds. The van der Waals surface area contributed by atoms with Crippen LogP contribution in [0.2, 0.25) is 0 Å². The number of nitrogens with two attached hydrogens (primary N) is 1. The quantitative estimate of drug-likeness (QED) is 0.391. The van der Waals surface area contributed by atoms with Crippen LogP contribution in [0.1, 0.15) is 24.0 Å². The van der Waals surface area contributed by atoms with Gasteiger partial charge in [-0.2, -0.15) is 0 Å². The molecular formula is C29H29F2N5O9. The molecule has 0 radical (unpaired) electrons. The fourth-order valence-electron chi connectivity index (χ4n) is 5.54. The number of hydrogen-bond acceptors (Lipinski definition) is 9. The topological polar surface area (TPSA) is 169 Å². The summed E-state index contributed by atoms with van der Waals surface area (Å²) in [6.45, 7) is -0.0976. The minimum Gasteiger partial charge on any atom is -0.466 e. The fourth-order valence-corrected chi connectivity index (χ4v) is 5.54. The smallest absolute Gasteiger partial charge is 0.415 e. The Morgan fingerprint density at radius 2 is 1.18 bits per heavy atom. The number of aryl methyl sites for hydroxylation is 2. The number of carbonyl (C=O) groups is 6. The zero-order valence-electron chi connectivity index (χ0n) is 24.5. The number of nitrogens with zero attached hydrogens (tertiary/aromatic N) is 4. The summed E-state index contributed by atoms with van der Waals surface area (Å²) in [5.74, 6) is -2.92. The maximum Gasteiger partial charge on any atom is 0.415 e. The van der Waals surface area contributed by atoms with E-state index in [1.807, 2.05) is 0 Å². The number of methoxy groups -OCH3 is 1. The minimum atomic E-state index is -1.05. The van der Waals surface area contributed by atoms with Crippen molar-refractivity contribution in [2.75, 3.05) is 53.9 Å². The van der Waals surface area contributed by atoms with Gasteiger partial charge in [-0.05, 0) is 48.2 Å². The summed E-state index contributed by atoms with van der Waals surface area (Å²) in [5, 5.41) is 0. The molecule has 4 aliphatic heterocycles. The van der Waals surface area contributed by atoms with Gasteiger partial charge >= 0.3 is 18.2 Å². The van der Waals surface area contributed by atoms with Crippen molar-refractivity contribution < 1.29 is 51.8 Å². The third-order valence-electron chi connectivity index (χ3n) is 7.92. The number of cyclic esters (lactones) is 2. The van der Waals surface area contributed by atoms with E-state index in [-0.39, 0.29) is 54.8 Å². The SMILES string of the molecule is CN1C(=O)CCc2cc(N3C[C@H](C(N)=O)OC3=O)cc(F)c21.COC(=O)[C@H]1CN(c2cc(F)c3c(c2)CCC(=O)N3C)C(=O)O1. The lowest BCUT2D eigenvalue weighted by Gasteiger charge is -2.27. The molecular weight excluding hydrogens is 600 g/mol. The Morgan fingerprint density at radius 1 is 0.756 bits per heavy atom. The van der Waals surface area contributed by atoms with Gasteiger partial charge in [0.15, 0.2) is 6.10 Å². The lowest BCUT2D eigenvalue weighted by Crippen LogP contribution is -2.34. The number of anilines is 4. The minimum absolute atomic E-state index is 0.0432. The second-order valence-electron chi connectivity index (χ2n) is 10.7. The Bertz CT molecular complexity index is 1630. The van der Waals surface area contributed by atoms with E-state index < -0.39 is 47.9 Å². The van der Waals surface area contributed by atoms with Crippen molar-refractivity contribution in [3.63, 3.8) is 0 Å². The number of carbonyl (C=O) groups excluding carboxylic acids is 6. The van der Waals surface area contributed by atoms with Gasteiger partial charge in [-0.25, -0.2) is 23.2 Å². The summed E-state index contributed by atoms with van der Waals surface area (Å²) < 4.78 is 43.0. The first-order valence-corrected chi connectivity index (χ1v) is 13.8. The molecule has 2 N–H and O–H groups in total. The van der Waals surface area contributed by atoms with E-state index in [0.717, 1.165) is 17.0 Å². The van der Waals surface area contributed by atoms with Crippen LogP contribution in [0.4, 0.5) is 41.1 Å². The zero-order valence-corrected chi connectivity index (χ0v) is 24.5. The third kappa shape index (κ3) is 5.82. The number of fused-ring (bicyclic) bond motifs is 2. The van der Waals surface area contributed by atoms with Gasteiger partial charge in [0.1, 0.15) is 11.6 Å². The van der Waals surface area contributed by atoms with Gasteiger partial charge in [0.2, 0.25) is 17.9 Å². The van der Waals surface area contributed by atoms with Crippen LogP contribution in [0.25, 0.3) is 0 Å². The van der Waals surface area contributed by atoms with Crippen LogP contribution in [-0.4, -0.2) is 82.4 Å². The Hall–Kier alpha value is -5.28. The molecule has 0 saturated carbocycles. The third-order valence-corrected chi connectivity index (χ3v) is 7.92. The largest absolute Gasteiger partial charge is 0.466 e. The van der Waals surface area contributed by atoms with Gasteiger partial charge in [0, 0.05) is 26.9 Å². The van der Waals surface area contributed by atoms with E-state index in [1.165, 1.54) is 35.9 Å². The Balaban J connectivity index is 0.000000178. The average Bonchev–Trinajstić information content (AvgIpc) is 3.59. The highest BCUT2D eigenvalue weighted by Gasteiger charge is 2.39. The molecule has 0 aliphatic carbocycles. The highest BCUT2D eigenvalue weighted by molar-refractivity contribution is 5.99. The summed E-state index contributed by atoms with van der Waals surface area (Å²) >= 11 is 0. The number of primary amides is 1. The first kappa shape index (κ1) is 31.2. The van der Waals surface area contributed by atoms with Crippen molar-refractivity contribution in [2.45, 2.75) is 37.9 Å². The van der Waals surface area contributed by atoms with Crippen LogP contribution in [0.3, 0.4) is 0 Å². The Morgan fingerprint density at radius 3 is 1.58 bits per heavy atom. The number of rotatable bonds is 4. The van der Waals surface area contributed by atoms with Crippen LogP contribution in [0.5, 0.6) is 0 Å². The highest BCUT2D eigenvalue weighted by Crippen LogP contribution is 2.36. The van der Waals surface area contributed by atoms with E-state index in [9.17, 15) is 37.5 Å². The molecule has 45 heavy (non-hydrogen) atoms. The van der Waals surface area contributed by atoms with Gasteiger partial charge in [-0.1, -0.05) is 0 Å². The Kier molecular flexibility index (Phi) is 8.32. The summed E-state index contributed by atoms with van der Waals surface area (Å²) in [7, 11) is 4.22. The predicted molar refractivity (Wildman–Crippen MR) is 153 cm³/mol. The first-order valence-electron chi connectivity index (χ1n) is 13.8. The van der Waals surface area contributed by atoms with Crippen molar-refractivity contribution in [1.82, 2.24) is 0 Å². The van der Waals surface area contributed by atoms with Crippen LogP contribution in [-0.2, 0) is 46.2 Å². The first-order chi connectivity index (χ1) is 21.3. The van der Waals surface area contributed by atoms with Crippen molar-refractivity contribution in [2.24, 2.45) is 5.73 Å².